The minimum absolute atomic E-state index is 0.210. The third kappa shape index (κ3) is 4.25. The van der Waals surface area contributed by atoms with E-state index in [1.807, 2.05) is 13.8 Å². The Kier molecular flexibility index (Phi) is 5.36. The summed E-state index contributed by atoms with van der Waals surface area (Å²) < 4.78 is 51.0. The number of ether oxygens (including phenoxy) is 2. The molecule has 3 rings (SSSR count). The fourth-order valence-electron chi connectivity index (χ4n) is 2.90. The van der Waals surface area contributed by atoms with Crippen LogP contribution in [-0.4, -0.2) is 34.4 Å². The molecule has 0 amide bonds. The molecule has 7 nitrogen and oxygen atoms in total. The van der Waals surface area contributed by atoms with E-state index in [1.54, 1.807) is 18.2 Å². The van der Waals surface area contributed by atoms with Crippen LogP contribution in [0.25, 0.3) is 5.69 Å². The van der Waals surface area contributed by atoms with Gasteiger partial charge in [-0.1, -0.05) is 6.07 Å². The maximum atomic E-state index is 13.1. The Hall–Kier alpha value is -3.30. The van der Waals surface area contributed by atoms with Gasteiger partial charge in [-0.25, -0.2) is 0 Å². The number of hydrogen-bond acceptors (Lipinski definition) is 6. The lowest BCUT2D eigenvalue weighted by atomic mass is 10.0. The number of hydrogen-bond donors (Lipinski definition) is 1. The van der Waals surface area contributed by atoms with E-state index >= 15 is 0 Å². The van der Waals surface area contributed by atoms with Crippen molar-refractivity contribution in [3.05, 3.63) is 53.9 Å². The van der Waals surface area contributed by atoms with Crippen LogP contribution in [-0.2, 0) is 11.7 Å². The Labute approximate surface area is 165 Å². The third-order valence-corrected chi connectivity index (χ3v) is 4.29. The topological polar surface area (TPSA) is 74.1 Å². The Morgan fingerprint density at radius 3 is 2.34 bits per heavy atom. The van der Waals surface area contributed by atoms with Gasteiger partial charge in [-0.15, -0.1) is 5.10 Å². The zero-order valence-corrected chi connectivity index (χ0v) is 16.3. The van der Waals surface area contributed by atoms with Crippen LogP contribution in [0.2, 0.25) is 0 Å². The highest BCUT2D eigenvalue weighted by Crippen LogP contribution is 2.34. The molecule has 0 unspecified atom stereocenters. The first-order valence-corrected chi connectivity index (χ1v) is 8.62. The van der Waals surface area contributed by atoms with Crippen molar-refractivity contribution in [3.8, 4) is 17.2 Å². The Morgan fingerprint density at radius 2 is 1.69 bits per heavy atom. The molecule has 10 heteroatoms. The number of alkyl halides is 3. The average Bonchev–Trinajstić information content (AvgIpc) is 3.18. The second kappa shape index (κ2) is 7.61. The molecule has 0 radical (unpaired) electrons. The van der Waals surface area contributed by atoms with E-state index in [9.17, 15) is 13.2 Å². The normalized spacial score (nSPS) is 12.0. The first kappa shape index (κ1) is 20.4. The molecule has 29 heavy (non-hydrogen) atoms. The number of nitrogens with one attached hydrogen (secondary N) is 1. The van der Waals surface area contributed by atoms with E-state index in [1.165, 1.54) is 31.0 Å². The van der Waals surface area contributed by atoms with Crippen molar-refractivity contribution in [3.63, 3.8) is 0 Å². The molecule has 154 valence electrons. The van der Waals surface area contributed by atoms with Gasteiger partial charge in [-0.2, -0.15) is 17.9 Å². The zero-order valence-electron chi connectivity index (χ0n) is 16.3. The molecule has 0 saturated carbocycles. The van der Waals surface area contributed by atoms with Crippen LogP contribution in [0.1, 0.15) is 25.2 Å². The van der Waals surface area contributed by atoms with Crippen molar-refractivity contribution in [1.29, 1.82) is 0 Å². The summed E-state index contributed by atoms with van der Waals surface area (Å²) in [5.74, 6) is 1.45. The first-order chi connectivity index (χ1) is 13.7. The Morgan fingerprint density at radius 1 is 0.966 bits per heavy atom. The van der Waals surface area contributed by atoms with Crippen molar-refractivity contribution in [2.24, 2.45) is 0 Å². The van der Waals surface area contributed by atoms with E-state index in [0.29, 0.717) is 23.0 Å². The number of halogens is 3. The SMILES string of the molecule is COc1ccc(NC(C)(C)c2nnnn2-c2cccc(C(F)(F)F)c2)cc1OC. The second-order valence-corrected chi connectivity index (χ2v) is 6.78. The van der Waals surface area contributed by atoms with Crippen LogP contribution in [0.4, 0.5) is 18.9 Å². The summed E-state index contributed by atoms with van der Waals surface area (Å²) in [6.07, 6.45) is -4.46. The summed E-state index contributed by atoms with van der Waals surface area (Å²) in [4.78, 5) is 0. The molecular formula is C19H20F3N5O2. The first-order valence-electron chi connectivity index (χ1n) is 8.62. The molecule has 2 aromatic carbocycles. The van der Waals surface area contributed by atoms with Crippen molar-refractivity contribution >= 4 is 5.69 Å². The standard InChI is InChI=1S/C19H20F3N5O2/c1-18(2,23-13-8-9-15(28-3)16(11-13)29-4)17-24-25-26-27(17)14-7-5-6-12(10-14)19(20,21)22/h5-11,23H,1-4H3. The highest BCUT2D eigenvalue weighted by Gasteiger charge is 2.32. The maximum absolute atomic E-state index is 13.1. The summed E-state index contributed by atoms with van der Waals surface area (Å²) in [5, 5.41) is 14.8. The summed E-state index contributed by atoms with van der Waals surface area (Å²) >= 11 is 0. The van der Waals surface area contributed by atoms with Crippen LogP contribution < -0.4 is 14.8 Å². The lowest BCUT2D eigenvalue weighted by molar-refractivity contribution is -0.137. The number of anilines is 1. The minimum atomic E-state index is -4.46. The molecule has 3 aromatic rings. The number of nitrogens with zero attached hydrogens (tertiary/aromatic N) is 4. The van der Waals surface area contributed by atoms with Gasteiger partial charge < -0.3 is 14.8 Å². The monoisotopic (exact) mass is 407 g/mol. The van der Waals surface area contributed by atoms with E-state index in [2.05, 4.69) is 20.8 Å². The molecule has 1 N–H and O–H groups in total. The molecule has 0 atom stereocenters. The summed E-state index contributed by atoms with van der Waals surface area (Å²) in [5.41, 5.74) is -0.687. The molecule has 0 aliphatic rings. The number of methoxy groups -OCH3 is 2. The Bertz CT molecular complexity index is 1000. The molecular weight excluding hydrogens is 387 g/mol. The molecule has 1 aromatic heterocycles. The quantitative estimate of drug-likeness (QED) is 0.665. The summed E-state index contributed by atoms with van der Waals surface area (Å²) in [6, 6.07) is 10.1. The number of rotatable bonds is 6. The fraction of sp³-hybridized carbons (Fsp3) is 0.316. The van der Waals surface area contributed by atoms with Gasteiger partial charge >= 0.3 is 6.18 Å². The fourth-order valence-corrected chi connectivity index (χ4v) is 2.90. The molecule has 0 bridgehead atoms. The second-order valence-electron chi connectivity index (χ2n) is 6.78. The average molecular weight is 407 g/mol. The molecule has 0 spiro atoms. The van der Waals surface area contributed by atoms with Crippen LogP contribution in [0.15, 0.2) is 42.5 Å². The molecule has 0 aliphatic heterocycles. The lowest BCUT2D eigenvalue weighted by Gasteiger charge is -2.26. The summed E-state index contributed by atoms with van der Waals surface area (Å²) in [7, 11) is 3.07. The lowest BCUT2D eigenvalue weighted by Crippen LogP contribution is -2.32. The van der Waals surface area contributed by atoms with E-state index in [0.717, 1.165) is 12.1 Å². The summed E-state index contributed by atoms with van der Waals surface area (Å²) in [6.45, 7) is 3.64. The van der Waals surface area contributed by atoms with Gasteiger partial charge in [0, 0.05) is 11.8 Å². The van der Waals surface area contributed by atoms with E-state index < -0.39 is 17.3 Å². The molecule has 1 heterocycles. The van der Waals surface area contributed by atoms with Crippen LogP contribution in [0, 0.1) is 0 Å². The van der Waals surface area contributed by atoms with E-state index in [-0.39, 0.29) is 5.69 Å². The van der Waals surface area contributed by atoms with Gasteiger partial charge in [0.05, 0.1) is 31.0 Å². The van der Waals surface area contributed by atoms with Crippen LogP contribution >= 0.6 is 0 Å². The van der Waals surface area contributed by atoms with Crippen LogP contribution in [0.5, 0.6) is 11.5 Å². The number of tetrazole rings is 1. The van der Waals surface area contributed by atoms with Gasteiger partial charge in [0.2, 0.25) is 0 Å². The van der Waals surface area contributed by atoms with Crippen molar-refractivity contribution in [2.75, 3.05) is 19.5 Å². The van der Waals surface area contributed by atoms with Crippen LogP contribution in [0.3, 0.4) is 0 Å². The molecule has 0 saturated heterocycles. The highest BCUT2D eigenvalue weighted by molar-refractivity contribution is 5.56. The van der Waals surface area contributed by atoms with Crippen molar-refractivity contribution < 1.29 is 22.6 Å². The van der Waals surface area contributed by atoms with Crippen molar-refractivity contribution in [1.82, 2.24) is 20.2 Å². The third-order valence-electron chi connectivity index (χ3n) is 4.29. The van der Waals surface area contributed by atoms with Crippen molar-refractivity contribution in [2.45, 2.75) is 25.6 Å². The van der Waals surface area contributed by atoms with E-state index in [4.69, 9.17) is 9.47 Å². The predicted molar refractivity (Wildman–Crippen MR) is 100 cm³/mol. The van der Waals surface area contributed by atoms with Gasteiger partial charge in [0.15, 0.2) is 17.3 Å². The minimum Gasteiger partial charge on any atom is -0.493 e. The predicted octanol–water partition coefficient (Wildman–Crippen LogP) is 4.05. The molecule has 0 aliphatic carbocycles. The van der Waals surface area contributed by atoms with Gasteiger partial charge in [-0.05, 0) is 54.6 Å². The Balaban J connectivity index is 1.95. The largest absolute Gasteiger partial charge is 0.493 e. The van der Waals surface area contributed by atoms with Gasteiger partial charge in [-0.3, -0.25) is 0 Å². The molecule has 0 fully saturated rings. The maximum Gasteiger partial charge on any atom is 0.416 e. The zero-order chi connectivity index (χ0) is 21.2. The number of aromatic nitrogens is 4. The van der Waals surface area contributed by atoms with Gasteiger partial charge in [0.1, 0.15) is 0 Å². The van der Waals surface area contributed by atoms with Gasteiger partial charge in [0.25, 0.3) is 0 Å². The smallest absolute Gasteiger partial charge is 0.416 e. The number of benzene rings is 2. The highest BCUT2D eigenvalue weighted by atomic mass is 19.4.